The van der Waals surface area contributed by atoms with Gasteiger partial charge in [-0.2, -0.15) is 0 Å². The topological polar surface area (TPSA) is 94.1 Å². The average Bonchev–Trinajstić information content (AvgIpc) is 3.52. The Hall–Kier alpha value is -4.45. The number of halogens is 3. The van der Waals surface area contributed by atoms with Gasteiger partial charge in [-0.3, -0.25) is 9.36 Å². The number of ether oxygens (including phenoxy) is 2. The number of carbonyl (C=O) groups is 1. The number of hydrogen-bond acceptors (Lipinski definition) is 6. The van der Waals surface area contributed by atoms with Crippen molar-refractivity contribution >= 4 is 34.3 Å². The summed E-state index contributed by atoms with van der Waals surface area (Å²) in [5.41, 5.74) is 2.87. The third kappa shape index (κ3) is 5.59. The van der Waals surface area contributed by atoms with E-state index in [0.717, 1.165) is 34.3 Å². The summed E-state index contributed by atoms with van der Waals surface area (Å²) in [6.45, 7) is 0. The SMILES string of the molecule is COc1cccc(-n2c(SCC(=O)Nc3ccc(OC(F)(F)F)cc3)nnc2-c2c[nH]c3ccccc23)c1. The molecular weight excluding hydrogens is 519 g/mol. The number of nitrogens with one attached hydrogen (secondary N) is 2. The van der Waals surface area contributed by atoms with Crippen molar-refractivity contribution in [2.24, 2.45) is 0 Å². The molecule has 2 N–H and O–H groups in total. The number of alkyl halides is 3. The van der Waals surface area contributed by atoms with Crippen molar-refractivity contribution in [2.75, 3.05) is 18.2 Å². The molecule has 2 heterocycles. The Kier molecular flexibility index (Phi) is 6.97. The van der Waals surface area contributed by atoms with Gasteiger partial charge in [0, 0.05) is 34.4 Å². The predicted octanol–water partition coefficient (Wildman–Crippen LogP) is 6.05. The van der Waals surface area contributed by atoms with E-state index in [1.807, 2.05) is 59.3 Å². The number of rotatable bonds is 8. The number of para-hydroxylation sites is 1. The predicted molar refractivity (Wildman–Crippen MR) is 138 cm³/mol. The minimum absolute atomic E-state index is 0.0171. The van der Waals surface area contributed by atoms with E-state index in [0.29, 0.717) is 22.4 Å². The molecule has 38 heavy (non-hydrogen) atoms. The first-order valence-electron chi connectivity index (χ1n) is 11.3. The van der Waals surface area contributed by atoms with Gasteiger partial charge in [0.25, 0.3) is 0 Å². The number of carbonyl (C=O) groups excluding carboxylic acids is 1. The summed E-state index contributed by atoms with van der Waals surface area (Å²) in [5, 5.41) is 12.9. The molecule has 0 saturated heterocycles. The van der Waals surface area contributed by atoms with Crippen LogP contribution >= 0.6 is 11.8 Å². The van der Waals surface area contributed by atoms with E-state index < -0.39 is 6.36 Å². The lowest BCUT2D eigenvalue weighted by Gasteiger charge is -2.12. The zero-order chi connectivity index (χ0) is 26.7. The van der Waals surface area contributed by atoms with Crippen molar-refractivity contribution in [1.82, 2.24) is 19.7 Å². The van der Waals surface area contributed by atoms with Crippen LogP contribution in [0.1, 0.15) is 0 Å². The highest BCUT2D eigenvalue weighted by Gasteiger charge is 2.31. The van der Waals surface area contributed by atoms with Crippen LogP contribution in [0.25, 0.3) is 28.0 Å². The number of aromatic amines is 1. The molecular formula is C26H20F3N5O3S. The van der Waals surface area contributed by atoms with Crippen LogP contribution in [0.4, 0.5) is 18.9 Å². The van der Waals surface area contributed by atoms with Crippen LogP contribution in [-0.4, -0.2) is 44.9 Å². The fourth-order valence-corrected chi connectivity index (χ4v) is 4.60. The van der Waals surface area contributed by atoms with Crippen molar-refractivity contribution in [1.29, 1.82) is 0 Å². The molecule has 0 radical (unpaired) electrons. The second-order valence-electron chi connectivity index (χ2n) is 8.00. The van der Waals surface area contributed by atoms with E-state index in [-0.39, 0.29) is 17.4 Å². The summed E-state index contributed by atoms with van der Waals surface area (Å²) in [4.78, 5) is 15.9. The van der Waals surface area contributed by atoms with Gasteiger partial charge in [0.1, 0.15) is 11.5 Å². The lowest BCUT2D eigenvalue weighted by molar-refractivity contribution is -0.274. The molecule has 194 valence electrons. The molecule has 0 atom stereocenters. The van der Waals surface area contributed by atoms with E-state index in [2.05, 4.69) is 25.2 Å². The first kappa shape index (κ1) is 25.2. The highest BCUT2D eigenvalue weighted by molar-refractivity contribution is 7.99. The quantitative estimate of drug-likeness (QED) is 0.233. The van der Waals surface area contributed by atoms with Crippen LogP contribution in [0.2, 0.25) is 0 Å². The molecule has 0 aliphatic heterocycles. The van der Waals surface area contributed by atoms with E-state index >= 15 is 0 Å². The van der Waals surface area contributed by atoms with Gasteiger partial charge >= 0.3 is 6.36 Å². The van der Waals surface area contributed by atoms with Crippen LogP contribution in [0.5, 0.6) is 11.5 Å². The summed E-state index contributed by atoms with van der Waals surface area (Å²) in [6, 6.07) is 20.1. The smallest absolute Gasteiger partial charge is 0.497 e. The molecule has 0 spiro atoms. The summed E-state index contributed by atoms with van der Waals surface area (Å²) in [5.74, 6) is 0.470. The fraction of sp³-hybridized carbons (Fsp3) is 0.115. The largest absolute Gasteiger partial charge is 0.573 e. The fourth-order valence-electron chi connectivity index (χ4n) is 3.84. The maximum Gasteiger partial charge on any atom is 0.573 e. The van der Waals surface area contributed by atoms with Gasteiger partial charge in [0.2, 0.25) is 5.91 Å². The first-order valence-corrected chi connectivity index (χ1v) is 12.2. The zero-order valence-corrected chi connectivity index (χ0v) is 20.6. The Morgan fingerprint density at radius 2 is 1.82 bits per heavy atom. The van der Waals surface area contributed by atoms with Crippen molar-refractivity contribution in [3.63, 3.8) is 0 Å². The van der Waals surface area contributed by atoms with Gasteiger partial charge in [-0.25, -0.2) is 0 Å². The normalized spacial score (nSPS) is 11.5. The molecule has 12 heteroatoms. The van der Waals surface area contributed by atoms with E-state index in [1.54, 1.807) is 7.11 Å². The van der Waals surface area contributed by atoms with Gasteiger partial charge in [0.05, 0.1) is 18.6 Å². The van der Waals surface area contributed by atoms with Gasteiger partial charge in [-0.1, -0.05) is 36.0 Å². The van der Waals surface area contributed by atoms with Gasteiger partial charge < -0.3 is 19.8 Å². The molecule has 0 bridgehead atoms. The van der Waals surface area contributed by atoms with Crippen LogP contribution in [0, 0.1) is 0 Å². The molecule has 0 aliphatic rings. The number of thioether (sulfide) groups is 1. The molecule has 8 nitrogen and oxygen atoms in total. The Balaban J connectivity index is 1.39. The third-order valence-corrected chi connectivity index (χ3v) is 6.41. The van der Waals surface area contributed by atoms with Crippen molar-refractivity contribution in [3.05, 3.63) is 79.0 Å². The lowest BCUT2D eigenvalue weighted by Crippen LogP contribution is -2.17. The van der Waals surface area contributed by atoms with Crippen LogP contribution in [-0.2, 0) is 4.79 Å². The molecule has 0 unspecified atom stereocenters. The van der Waals surface area contributed by atoms with Crippen LogP contribution in [0.15, 0.2) is 84.1 Å². The Morgan fingerprint density at radius 3 is 2.58 bits per heavy atom. The molecule has 0 fully saturated rings. The number of methoxy groups -OCH3 is 1. The number of fused-ring (bicyclic) bond motifs is 1. The number of benzene rings is 3. The Bertz CT molecular complexity index is 1580. The molecule has 0 aliphatic carbocycles. The maximum atomic E-state index is 12.6. The molecule has 5 aromatic rings. The maximum absolute atomic E-state index is 12.6. The van der Waals surface area contributed by atoms with Gasteiger partial charge in [0.15, 0.2) is 11.0 Å². The molecule has 2 aromatic heterocycles. The summed E-state index contributed by atoms with van der Waals surface area (Å²) in [7, 11) is 1.58. The minimum atomic E-state index is -4.79. The number of aromatic nitrogens is 4. The second-order valence-corrected chi connectivity index (χ2v) is 8.94. The Labute approximate surface area is 218 Å². The first-order chi connectivity index (χ1) is 18.3. The molecule has 0 saturated carbocycles. The summed E-state index contributed by atoms with van der Waals surface area (Å²) < 4.78 is 48.2. The average molecular weight is 540 g/mol. The zero-order valence-electron chi connectivity index (χ0n) is 19.8. The molecule has 1 amide bonds. The number of H-pyrrole nitrogens is 1. The number of anilines is 1. The number of amides is 1. The minimum Gasteiger partial charge on any atom is -0.497 e. The standard InChI is InChI=1S/C26H20F3N5O3S/c1-36-19-6-4-5-17(13-19)34-24(21-14-30-22-8-3-2-7-20(21)22)32-33-25(34)38-15-23(35)31-16-9-11-18(12-10-16)37-26(27,28)29/h2-14,30H,15H2,1H3,(H,31,35). The number of hydrogen-bond donors (Lipinski definition) is 2. The van der Waals surface area contributed by atoms with E-state index in [9.17, 15) is 18.0 Å². The molecule has 5 rings (SSSR count). The van der Waals surface area contributed by atoms with Crippen molar-refractivity contribution < 1.29 is 27.4 Å². The van der Waals surface area contributed by atoms with Crippen LogP contribution < -0.4 is 14.8 Å². The highest BCUT2D eigenvalue weighted by Crippen LogP contribution is 2.33. The van der Waals surface area contributed by atoms with E-state index in [4.69, 9.17) is 4.74 Å². The number of nitrogens with zero attached hydrogens (tertiary/aromatic N) is 3. The van der Waals surface area contributed by atoms with Crippen molar-refractivity contribution in [2.45, 2.75) is 11.5 Å². The summed E-state index contributed by atoms with van der Waals surface area (Å²) in [6.07, 6.45) is -2.93. The van der Waals surface area contributed by atoms with Gasteiger partial charge in [-0.15, -0.1) is 23.4 Å². The Morgan fingerprint density at radius 1 is 1.03 bits per heavy atom. The highest BCUT2D eigenvalue weighted by atomic mass is 32.2. The van der Waals surface area contributed by atoms with E-state index in [1.165, 1.54) is 23.9 Å². The third-order valence-electron chi connectivity index (χ3n) is 5.48. The second kappa shape index (κ2) is 10.5. The lowest BCUT2D eigenvalue weighted by atomic mass is 10.1. The monoisotopic (exact) mass is 539 g/mol. The molecule has 3 aromatic carbocycles. The van der Waals surface area contributed by atoms with Crippen molar-refractivity contribution in [3.8, 4) is 28.6 Å². The van der Waals surface area contributed by atoms with Gasteiger partial charge in [-0.05, 0) is 42.5 Å². The van der Waals surface area contributed by atoms with Crippen LogP contribution in [0.3, 0.4) is 0 Å². The summed E-state index contributed by atoms with van der Waals surface area (Å²) >= 11 is 1.17.